The molecule has 0 aliphatic carbocycles. The molecule has 2 heterocycles. The molecule has 94 valence electrons. The second-order valence-corrected chi connectivity index (χ2v) is 4.64. The van der Waals surface area contributed by atoms with Crippen LogP contribution in [0.25, 0.3) is 0 Å². The van der Waals surface area contributed by atoms with Crippen LogP contribution in [-0.4, -0.2) is 16.1 Å². The number of aromatic nitrogens is 1. The number of carbonyl (C=O) groups is 1. The molecule has 0 fully saturated rings. The number of pyridine rings is 1. The Labute approximate surface area is 108 Å². The second-order valence-electron chi connectivity index (χ2n) is 3.86. The van der Waals surface area contributed by atoms with Crippen LogP contribution in [0.5, 0.6) is 0 Å². The highest BCUT2D eigenvalue weighted by molar-refractivity contribution is 7.07. The van der Waals surface area contributed by atoms with Gasteiger partial charge >= 0.3 is 5.97 Å². The van der Waals surface area contributed by atoms with E-state index in [0.29, 0.717) is 11.5 Å². The highest BCUT2D eigenvalue weighted by atomic mass is 32.1. The Kier molecular flexibility index (Phi) is 3.47. The van der Waals surface area contributed by atoms with Crippen molar-refractivity contribution in [2.24, 2.45) is 0 Å². The van der Waals surface area contributed by atoms with E-state index in [1.165, 1.54) is 6.07 Å². The molecule has 1 unspecified atom stereocenters. The number of carboxylic acids is 1. The first-order chi connectivity index (χ1) is 8.58. The fraction of sp³-hybridized carbons (Fsp3) is 0.167. The van der Waals surface area contributed by atoms with Crippen LogP contribution >= 0.6 is 11.3 Å². The van der Waals surface area contributed by atoms with Crippen molar-refractivity contribution in [1.29, 1.82) is 0 Å². The van der Waals surface area contributed by atoms with Crippen molar-refractivity contribution in [3.05, 3.63) is 40.2 Å². The lowest BCUT2D eigenvalue weighted by Gasteiger charge is -2.15. The number of hydrogen-bond acceptors (Lipinski definition) is 5. The van der Waals surface area contributed by atoms with Crippen LogP contribution in [0.4, 0.5) is 11.5 Å². The SMILES string of the molecule is CC(Nc1nc(C(=O)O)ccc1N)c1ccsc1. The fourth-order valence-corrected chi connectivity index (χ4v) is 2.27. The number of nitrogens with two attached hydrogens (primary N) is 1. The lowest BCUT2D eigenvalue weighted by molar-refractivity contribution is 0.0690. The van der Waals surface area contributed by atoms with Crippen molar-refractivity contribution in [2.45, 2.75) is 13.0 Å². The number of nitrogens with one attached hydrogen (secondary N) is 1. The molecule has 2 aromatic heterocycles. The Bertz CT molecular complexity index is 554. The summed E-state index contributed by atoms with van der Waals surface area (Å²) in [6, 6.07) is 4.95. The molecule has 0 saturated carbocycles. The molecule has 0 bridgehead atoms. The zero-order valence-electron chi connectivity index (χ0n) is 9.75. The number of anilines is 2. The number of hydrogen-bond donors (Lipinski definition) is 3. The van der Waals surface area contributed by atoms with Gasteiger partial charge < -0.3 is 16.2 Å². The van der Waals surface area contributed by atoms with Crippen molar-refractivity contribution < 1.29 is 9.90 Å². The molecule has 5 nitrogen and oxygen atoms in total. The van der Waals surface area contributed by atoms with Gasteiger partial charge in [-0.1, -0.05) is 0 Å². The summed E-state index contributed by atoms with van der Waals surface area (Å²) in [6.07, 6.45) is 0. The minimum absolute atomic E-state index is 0.0232. The van der Waals surface area contributed by atoms with Crippen molar-refractivity contribution in [1.82, 2.24) is 4.98 Å². The third kappa shape index (κ3) is 2.60. The lowest BCUT2D eigenvalue weighted by Crippen LogP contribution is -2.11. The molecule has 1 atom stereocenters. The molecule has 6 heteroatoms. The van der Waals surface area contributed by atoms with Crippen molar-refractivity contribution in [3.63, 3.8) is 0 Å². The topological polar surface area (TPSA) is 88.2 Å². The van der Waals surface area contributed by atoms with Gasteiger partial charge in [-0.15, -0.1) is 0 Å². The van der Waals surface area contributed by atoms with E-state index in [4.69, 9.17) is 10.8 Å². The van der Waals surface area contributed by atoms with Crippen molar-refractivity contribution >= 4 is 28.8 Å². The van der Waals surface area contributed by atoms with Gasteiger partial charge in [-0.2, -0.15) is 11.3 Å². The zero-order chi connectivity index (χ0) is 13.1. The number of carboxylic acid groups (broad SMARTS) is 1. The van der Waals surface area contributed by atoms with Crippen LogP contribution < -0.4 is 11.1 Å². The van der Waals surface area contributed by atoms with Gasteiger partial charge in [0.2, 0.25) is 0 Å². The van der Waals surface area contributed by atoms with Crippen LogP contribution in [0.15, 0.2) is 29.0 Å². The van der Waals surface area contributed by atoms with Crippen LogP contribution in [0.3, 0.4) is 0 Å². The highest BCUT2D eigenvalue weighted by Gasteiger charge is 2.12. The third-order valence-electron chi connectivity index (χ3n) is 2.54. The smallest absolute Gasteiger partial charge is 0.354 e. The minimum Gasteiger partial charge on any atom is -0.477 e. The molecular formula is C12H13N3O2S. The first kappa shape index (κ1) is 12.4. The molecular weight excluding hydrogens is 250 g/mol. The van der Waals surface area contributed by atoms with Crippen LogP contribution in [-0.2, 0) is 0 Å². The molecule has 2 aromatic rings. The Morgan fingerprint density at radius 2 is 2.28 bits per heavy atom. The Morgan fingerprint density at radius 3 is 2.89 bits per heavy atom. The molecule has 18 heavy (non-hydrogen) atoms. The first-order valence-corrected chi connectivity index (χ1v) is 6.30. The number of nitrogen functional groups attached to an aromatic ring is 1. The second kappa shape index (κ2) is 5.05. The van der Waals surface area contributed by atoms with Gasteiger partial charge in [0.1, 0.15) is 0 Å². The van der Waals surface area contributed by atoms with E-state index >= 15 is 0 Å². The largest absolute Gasteiger partial charge is 0.477 e. The summed E-state index contributed by atoms with van der Waals surface area (Å²) in [5, 5.41) is 16.0. The fourth-order valence-electron chi connectivity index (χ4n) is 1.51. The first-order valence-electron chi connectivity index (χ1n) is 5.36. The molecule has 0 aliphatic heterocycles. The summed E-state index contributed by atoms with van der Waals surface area (Å²) >= 11 is 1.60. The summed E-state index contributed by atoms with van der Waals surface area (Å²) < 4.78 is 0. The molecule has 2 rings (SSSR count). The van der Waals surface area contributed by atoms with Crippen LogP contribution in [0.2, 0.25) is 0 Å². The number of rotatable bonds is 4. The van der Waals surface area contributed by atoms with Crippen molar-refractivity contribution in [2.75, 3.05) is 11.1 Å². The van der Waals surface area contributed by atoms with Gasteiger partial charge in [-0.3, -0.25) is 0 Å². The van der Waals surface area contributed by atoms with E-state index in [0.717, 1.165) is 5.56 Å². The lowest BCUT2D eigenvalue weighted by atomic mass is 10.2. The van der Waals surface area contributed by atoms with Gasteiger partial charge in [0.25, 0.3) is 0 Å². The molecule has 0 spiro atoms. The maximum absolute atomic E-state index is 10.8. The Hall–Kier alpha value is -2.08. The number of aromatic carboxylic acids is 1. The van der Waals surface area contributed by atoms with E-state index in [1.54, 1.807) is 17.4 Å². The normalized spacial score (nSPS) is 12.1. The molecule has 0 amide bonds. The maximum Gasteiger partial charge on any atom is 0.354 e. The monoisotopic (exact) mass is 263 g/mol. The van der Waals surface area contributed by atoms with Gasteiger partial charge in [0.15, 0.2) is 11.5 Å². The van der Waals surface area contributed by atoms with Crippen LogP contribution in [0.1, 0.15) is 29.0 Å². The predicted molar refractivity (Wildman–Crippen MR) is 72.0 cm³/mol. The number of nitrogens with zero attached hydrogens (tertiary/aromatic N) is 1. The molecule has 0 saturated heterocycles. The van der Waals surface area contributed by atoms with Crippen LogP contribution in [0, 0.1) is 0 Å². The Balaban J connectivity index is 2.23. The average molecular weight is 263 g/mol. The number of thiophene rings is 1. The quantitative estimate of drug-likeness (QED) is 0.789. The summed E-state index contributed by atoms with van der Waals surface area (Å²) in [7, 11) is 0. The van der Waals surface area contributed by atoms with Gasteiger partial charge in [-0.05, 0) is 41.4 Å². The predicted octanol–water partition coefficient (Wildman–Crippen LogP) is 2.60. The highest BCUT2D eigenvalue weighted by Crippen LogP contribution is 2.23. The summed E-state index contributed by atoms with van der Waals surface area (Å²) in [5.41, 5.74) is 7.30. The van der Waals surface area contributed by atoms with E-state index in [-0.39, 0.29) is 11.7 Å². The molecule has 0 aromatic carbocycles. The molecule has 0 aliphatic rings. The standard InChI is InChI=1S/C12H13N3O2S/c1-7(8-4-5-18-6-8)14-11-9(13)2-3-10(15-11)12(16)17/h2-7H,13H2,1H3,(H,14,15)(H,16,17). The van der Waals surface area contributed by atoms with Gasteiger partial charge in [0.05, 0.1) is 11.7 Å². The van der Waals surface area contributed by atoms with Gasteiger partial charge in [0, 0.05) is 0 Å². The zero-order valence-corrected chi connectivity index (χ0v) is 10.6. The minimum atomic E-state index is -1.07. The average Bonchev–Trinajstić information content (AvgIpc) is 2.85. The molecule has 4 N–H and O–H groups in total. The summed E-state index contributed by atoms with van der Waals surface area (Å²) in [5.74, 6) is -0.671. The van der Waals surface area contributed by atoms with E-state index < -0.39 is 5.97 Å². The molecule has 0 radical (unpaired) electrons. The summed E-state index contributed by atoms with van der Waals surface area (Å²) in [4.78, 5) is 14.8. The summed E-state index contributed by atoms with van der Waals surface area (Å²) in [6.45, 7) is 1.97. The van der Waals surface area contributed by atoms with E-state index in [1.807, 2.05) is 23.8 Å². The Morgan fingerprint density at radius 1 is 1.50 bits per heavy atom. The van der Waals surface area contributed by atoms with Gasteiger partial charge in [-0.25, -0.2) is 9.78 Å². The van der Waals surface area contributed by atoms with E-state index in [2.05, 4.69) is 10.3 Å². The third-order valence-corrected chi connectivity index (χ3v) is 3.24. The maximum atomic E-state index is 10.8. The van der Waals surface area contributed by atoms with Crippen molar-refractivity contribution in [3.8, 4) is 0 Å². The van der Waals surface area contributed by atoms with E-state index in [9.17, 15) is 4.79 Å².